The van der Waals surface area contributed by atoms with E-state index < -0.39 is 0 Å². The van der Waals surface area contributed by atoms with Crippen molar-refractivity contribution in [1.29, 1.82) is 0 Å². The Morgan fingerprint density at radius 1 is 1.40 bits per heavy atom. The topological polar surface area (TPSA) is 0 Å². The molecule has 0 radical (unpaired) electrons. The highest BCUT2D eigenvalue weighted by Crippen LogP contribution is 2.43. The molecule has 0 N–H and O–H groups in total. The van der Waals surface area contributed by atoms with E-state index in [9.17, 15) is 0 Å². The van der Waals surface area contributed by atoms with Gasteiger partial charge in [0, 0.05) is 0 Å². The Kier molecular flexibility index (Phi) is 1.40. The first-order valence-electron chi connectivity index (χ1n) is 4.24. The largest absolute Gasteiger partial charge is 0.102 e. The molecule has 0 nitrogen and oxygen atoms in total. The Morgan fingerprint density at radius 2 is 2.30 bits per heavy atom. The minimum Gasteiger partial charge on any atom is -0.102 e. The molecule has 2 rings (SSSR count). The van der Waals surface area contributed by atoms with Crippen LogP contribution in [0.5, 0.6) is 0 Å². The van der Waals surface area contributed by atoms with Crippen LogP contribution < -0.4 is 0 Å². The monoisotopic (exact) mass is 134 g/mol. The van der Waals surface area contributed by atoms with Crippen LogP contribution in [0, 0.1) is 11.8 Å². The third-order valence-corrected chi connectivity index (χ3v) is 2.91. The molecule has 0 heterocycles. The molecule has 0 aliphatic heterocycles. The highest BCUT2D eigenvalue weighted by atomic mass is 14.3. The summed E-state index contributed by atoms with van der Waals surface area (Å²) in [5, 5.41) is 0. The maximum atomic E-state index is 3.86. The molecule has 1 fully saturated rings. The predicted molar refractivity (Wildman–Crippen MR) is 43.7 cm³/mol. The van der Waals surface area contributed by atoms with E-state index in [1.54, 1.807) is 5.57 Å². The van der Waals surface area contributed by atoms with Gasteiger partial charge in [0.15, 0.2) is 0 Å². The summed E-state index contributed by atoms with van der Waals surface area (Å²) in [6.45, 7) is 3.86. The van der Waals surface area contributed by atoms with Gasteiger partial charge >= 0.3 is 0 Å². The van der Waals surface area contributed by atoms with Gasteiger partial charge in [-0.15, -0.1) is 6.58 Å². The Hall–Kier alpha value is -0.520. The molecule has 0 bridgehead atoms. The van der Waals surface area contributed by atoms with Gasteiger partial charge in [-0.1, -0.05) is 17.7 Å². The van der Waals surface area contributed by atoms with E-state index in [1.165, 1.54) is 25.7 Å². The van der Waals surface area contributed by atoms with Gasteiger partial charge in [-0.25, -0.2) is 0 Å². The van der Waals surface area contributed by atoms with Crippen molar-refractivity contribution >= 4 is 0 Å². The molecule has 54 valence electrons. The van der Waals surface area contributed by atoms with E-state index in [1.807, 2.05) is 0 Å². The molecule has 2 aliphatic rings. The third kappa shape index (κ3) is 0.749. The predicted octanol–water partition coefficient (Wildman–Crippen LogP) is 2.92. The van der Waals surface area contributed by atoms with Gasteiger partial charge in [-0.05, 0) is 37.5 Å². The molecular formula is C10H14. The van der Waals surface area contributed by atoms with E-state index >= 15 is 0 Å². The highest BCUT2D eigenvalue weighted by Gasteiger charge is 2.30. The smallest absolute Gasteiger partial charge is 0.00230 e. The van der Waals surface area contributed by atoms with E-state index in [2.05, 4.69) is 18.7 Å². The second-order valence-electron chi connectivity index (χ2n) is 3.40. The molecule has 0 aromatic heterocycles. The van der Waals surface area contributed by atoms with Crippen LogP contribution in [0.25, 0.3) is 0 Å². The van der Waals surface area contributed by atoms with Crippen LogP contribution >= 0.6 is 0 Å². The first-order chi connectivity index (χ1) is 4.92. The maximum absolute atomic E-state index is 3.86. The summed E-state index contributed by atoms with van der Waals surface area (Å²) in [6, 6.07) is 0. The zero-order chi connectivity index (χ0) is 6.97. The maximum Gasteiger partial charge on any atom is -0.00230 e. The molecule has 2 atom stereocenters. The lowest BCUT2D eigenvalue weighted by Gasteiger charge is -2.05. The summed E-state index contributed by atoms with van der Waals surface area (Å²) in [4.78, 5) is 0. The third-order valence-electron chi connectivity index (χ3n) is 2.91. The van der Waals surface area contributed by atoms with Crippen LogP contribution in [-0.4, -0.2) is 0 Å². The zero-order valence-corrected chi connectivity index (χ0v) is 6.34. The molecule has 2 aliphatic carbocycles. The molecule has 10 heavy (non-hydrogen) atoms. The summed E-state index contributed by atoms with van der Waals surface area (Å²) in [7, 11) is 0. The average Bonchev–Trinajstić information content (AvgIpc) is 2.44. The fourth-order valence-corrected chi connectivity index (χ4v) is 2.35. The van der Waals surface area contributed by atoms with Crippen molar-refractivity contribution < 1.29 is 0 Å². The van der Waals surface area contributed by atoms with E-state index in [0.717, 1.165) is 11.8 Å². The molecule has 0 aromatic carbocycles. The number of hydrogen-bond acceptors (Lipinski definition) is 0. The normalized spacial score (nSPS) is 37.4. The van der Waals surface area contributed by atoms with Crippen LogP contribution in [0.2, 0.25) is 0 Å². The molecule has 1 saturated carbocycles. The van der Waals surface area contributed by atoms with Gasteiger partial charge in [0.05, 0.1) is 0 Å². The number of rotatable bonds is 1. The molecular weight excluding hydrogens is 120 g/mol. The standard InChI is InChI=1S/C10H14/c1-2-8-6-7-9-4-3-5-10(8)9/h2,5,8-9H,1,3-4,6-7H2. The van der Waals surface area contributed by atoms with Crippen LogP contribution in [0.4, 0.5) is 0 Å². The molecule has 0 aromatic rings. The molecule has 0 amide bonds. The van der Waals surface area contributed by atoms with Gasteiger partial charge in [0.1, 0.15) is 0 Å². The fourth-order valence-electron chi connectivity index (χ4n) is 2.35. The quantitative estimate of drug-likeness (QED) is 0.484. The van der Waals surface area contributed by atoms with Crippen LogP contribution in [0.1, 0.15) is 25.7 Å². The van der Waals surface area contributed by atoms with E-state index in [-0.39, 0.29) is 0 Å². The van der Waals surface area contributed by atoms with Gasteiger partial charge in [-0.2, -0.15) is 0 Å². The second kappa shape index (κ2) is 2.26. The summed E-state index contributed by atoms with van der Waals surface area (Å²) < 4.78 is 0. The van der Waals surface area contributed by atoms with Crippen LogP contribution in [-0.2, 0) is 0 Å². The highest BCUT2D eigenvalue weighted by molar-refractivity contribution is 5.23. The first kappa shape index (κ1) is 6.21. The summed E-state index contributed by atoms with van der Waals surface area (Å²) in [5.41, 5.74) is 1.70. The van der Waals surface area contributed by atoms with Gasteiger partial charge < -0.3 is 0 Å². The summed E-state index contributed by atoms with van der Waals surface area (Å²) >= 11 is 0. The summed E-state index contributed by atoms with van der Waals surface area (Å²) in [5.74, 6) is 1.69. The van der Waals surface area contributed by atoms with Crippen molar-refractivity contribution in [2.24, 2.45) is 11.8 Å². The molecule has 0 spiro atoms. The Bertz CT molecular complexity index is 176. The van der Waals surface area contributed by atoms with Crippen LogP contribution in [0.3, 0.4) is 0 Å². The van der Waals surface area contributed by atoms with Crippen molar-refractivity contribution in [1.82, 2.24) is 0 Å². The van der Waals surface area contributed by atoms with Crippen molar-refractivity contribution in [3.63, 3.8) is 0 Å². The van der Waals surface area contributed by atoms with E-state index in [4.69, 9.17) is 0 Å². The SMILES string of the molecule is C=CC1CCC2CCC=C12. The molecule has 2 unspecified atom stereocenters. The lowest BCUT2D eigenvalue weighted by Crippen LogP contribution is -1.93. The molecule has 0 saturated heterocycles. The Morgan fingerprint density at radius 3 is 3.10 bits per heavy atom. The van der Waals surface area contributed by atoms with Crippen LogP contribution in [0.15, 0.2) is 24.3 Å². The van der Waals surface area contributed by atoms with Gasteiger partial charge in [0.25, 0.3) is 0 Å². The first-order valence-corrected chi connectivity index (χ1v) is 4.24. The Labute approximate surface area is 62.6 Å². The summed E-state index contributed by atoms with van der Waals surface area (Å²) in [6.07, 6.45) is 10.1. The van der Waals surface area contributed by atoms with Crippen molar-refractivity contribution in [3.8, 4) is 0 Å². The average molecular weight is 134 g/mol. The van der Waals surface area contributed by atoms with Gasteiger partial charge in [0.2, 0.25) is 0 Å². The lowest BCUT2D eigenvalue weighted by atomic mass is 10.0. The Balaban J connectivity index is 2.21. The van der Waals surface area contributed by atoms with Crippen molar-refractivity contribution in [2.45, 2.75) is 25.7 Å². The minimum atomic E-state index is 0.743. The molecule has 0 heteroatoms. The number of allylic oxidation sites excluding steroid dienone is 3. The van der Waals surface area contributed by atoms with Crippen molar-refractivity contribution in [2.75, 3.05) is 0 Å². The fraction of sp³-hybridized carbons (Fsp3) is 0.600. The zero-order valence-electron chi connectivity index (χ0n) is 6.34. The van der Waals surface area contributed by atoms with Gasteiger partial charge in [-0.3, -0.25) is 0 Å². The number of fused-ring (bicyclic) bond motifs is 1. The number of hydrogen-bond donors (Lipinski definition) is 0. The lowest BCUT2D eigenvalue weighted by molar-refractivity contribution is 0.608. The van der Waals surface area contributed by atoms with E-state index in [0.29, 0.717) is 0 Å². The van der Waals surface area contributed by atoms with Crippen molar-refractivity contribution in [3.05, 3.63) is 24.3 Å². The minimum absolute atomic E-state index is 0.743. The second-order valence-corrected chi connectivity index (χ2v) is 3.40.